The summed E-state index contributed by atoms with van der Waals surface area (Å²) in [6.07, 6.45) is 13.9. The highest BCUT2D eigenvalue weighted by Crippen LogP contribution is 2.39. The van der Waals surface area contributed by atoms with Gasteiger partial charge in [0.15, 0.2) is 25.0 Å². The number of benzene rings is 4. The Hall–Kier alpha value is -2.44. The van der Waals surface area contributed by atoms with Crippen LogP contribution in [0.5, 0.6) is 0 Å². The lowest BCUT2D eigenvalue weighted by Crippen LogP contribution is -2.61. The third-order valence-electron chi connectivity index (χ3n) is 17.2. The minimum Gasteiger partial charge on any atom is -0.417 e. The second-order valence-corrected chi connectivity index (χ2v) is 46.3. The van der Waals surface area contributed by atoms with Crippen LogP contribution in [-0.4, -0.2) is 107 Å². The second-order valence-electron chi connectivity index (χ2n) is 24.9. The summed E-state index contributed by atoms with van der Waals surface area (Å²) in [5.41, 5.74) is 31.2. The topological polar surface area (TPSA) is 176 Å². The van der Waals surface area contributed by atoms with Crippen LogP contribution in [0.3, 0.4) is 0 Å². The van der Waals surface area contributed by atoms with Crippen LogP contribution < -0.4 is 49.4 Å². The number of nitrogens with two attached hydrogens (primary N) is 5. The van der Waals surface area contributed by atoms with Gasteiger partial charge in [0.2, 0.25) is 0 Å². The fourth-order valence-corrected chi connectivity index (χ4v) is 34.5. The molecule has 10 nitrogen and oxygen atoms in total. The molecule has 0 heterocycles. The third kappa shape index (κ3) is 32.5. The predicted octanol–water partition coefficient (Wildman–Crippen LogP) is 16.9. The monoisotopic (exact) mass is 1320 g/mol. The van der Waals surface area contributed by atoms with Crippen molar-refractivity contribution < 1.29 is 22.1 Å². The Morgan fingerprint density at radius 2 is 0.539 bits per heavy atom. The van der Waals surface area contributed by atoms with Crippen LogP contribution in [0.25, 0.3) is 0 Å². The molecule has 0 aromatic heterocycles. The van der Waals surface area contributed by atoms with Gasteiger partial charge in [-0.25, -0.2) is 0 Å². The fraction of sp³-hybridized carbons (Fsp3) is 0.676. The molecule has 89 heavy (non-hydrogen) atoms. The maximum absolute atomic E-state index is 6.54. The highest BCUT2D eigenvalue weighted by Gasteiger charge is 2.43. The zero-order chi connectivity index (χ0) is 65.3. The lowest BCUT2D eigenvalue weighted by atomic mass is 10.4. The van der Waals surface area contributed by atoms with E-state index in [1.54, 1.807) is 0 Å². The molecule has 4 aromatic carbocycles. The summed E-state index contributed by atoms with van der Waals surface area (Å²) in [7, 11) is -8.90. The zero-order valence-corrected chi connectivity index (χ0v) is 63.8. The molecule has 0 unspecified atom stereocenters. The first-order valence-electron chi connectivity index (χ1n) is 34.8. The fourth-order valence-electron chi connectivity index (χ4n) is 12.4. The van der Waals surface area contributed by atoms with Crippen molar-refractivity contribution >= 4 is 62.3 Å². The highest BCUT2D eigenvalue weighted by molar-refractivity contribution is 6.98. The second kappa shape index (κ2) is 54.9. The van der Waals surface area contributed by atoms with Crippen LogP contribution >= 0.6 is 0 Å². The van der Waals surface area contributed by atoms with Crippen LogP contribution in [0.4, 0.5) is 0 Å². The van der Waals surface area contributed by atoms with Crippen molar-refractivity contribution in [3.05, 3.63) is 121 Å². The average Bonchev–Trinajstić information content (AvgIpc) is 0.948. The maximum atomic E-state index is 6.54. The molecule has 0 spiro atoms. The van der Waals surface area contributed by atoms with E-state index >= 15 is 0 Å². The van der Waals surface area contributed by atoms with E-state index in [2.05, 4.69) is 225 Å². The van der Waals surface area contributed by atoms with Gasteiger partial charge in [0.25, 0.3) is 16.6 Å². The average molecular weight is 1330 g/mol. The summed E-state index contributed by atoms with van der Waals surface area (Å²) in [5, 5.41) is 5.36. The lowest BCUT2D eigenvalue weighted by molar-refractivity contribution is 0.283. The molecular weight excluding hydrogens is 1180 g/mol. The molecule has 516 valence electrons. The molecule has 0 aliphatic carbocycles. The lowest BCUT2D eigenvalue weighted by Gasteiger charge is -2.38. The van der Waals surface area contributed by atoms with E-state index in [1.165, 1.54) is 76.7 Å². The first-order chi connectivity index (χ1) is 41.9. The molecule has 0 aliphatic rings. The Morgan fingerprint density at radius 3 is 0.787 bits per heavy atom. The van der Waals surface area contributed by atoms with Gasteiger partial charge in [0.05, 0.1) is 0 Å². The Balaban J connectivity index is -0.00000104. The van der Waals surface area contributed by atoms with Gasteiger partial charge in [0.1, 0.15) is 0 Å². The summed E-state index contributed by atoms with van der Waals surface area (Å²) in [6.45, 7) is 42.0. The van der Waals surface area contributed by atoms with Crippen molar-refractivity contribution in [1.82, 2.24) is 0 Å². The summed E-state index contributed by atoms with van der Waals surface area (Å²) in [5.74, 6) is 0. The van der Waals surface area contributed by atoms with Crippen LogP contribution in [0.15, 0.2) is 121 Å². The number of unbranched alkanes of at least 4 members (excludes halogenated alkanes) is 2. The standard InChI is InChI=1S/C18H25NOSi.C17H23NOSi.C13H31NOSi.2C12H29NOSi.2CH4/c1-2-15-20-21(16-9-14-19,17-10-5-3-6-11-17)18-12-7-4-8-13-18;1-2-19-20(15-9-14-18,16-10-5-3-6-11-16)17-12-7-4-8-13-17;1-4-7-11-16(15-6-3,12-8-5-2)13-9-10-14;2*1-6-9-14-15(11(2)3,12(4)5)10-7-8-13;;/h3-8,10-13H,2,9,14-16,19H2,1H3;3-8,10-13H,2,9,14-15,18H2,1H3;4-14H2,1-3H3;2*11-12H,6-10,13H2,1-5H3;2*1H4. The van der Waals surface area contributed by atoms with Crippen LogP contribution in [0.1, 0.15) is 196 Å². The van der Waals surface area contributed by atoms with Crippen molar-refractivity contribution in [3.63, 3.8) is 0 Å². The van der Waals surface area contributed by atoms with E-state index in [-0.39, 0.29) is 14.9 Å². The quantitative estimate of drug-likeness (QED) is 0.0268. The van der Waals surface area contributed by atoms with Crippen molar-refractivity contribution in [1.29, 1.82) is 0 Å². The molecular formula is C74H145N5O5Si5. The summed E-state index contributed by atoms with van der Waals surface area (Å²) < 4.78 is 31.7. The molecule has 0 bridgehead atoms. The minimum absolute atomic E-state index is 0. The summed E-state index contributed by atoms with van der Waals surface area (Å²) >= 11 is 0. The van der Waals surface area contributed by atoms with E-state index < -0.39 is 41.6 Å². The molecule has 0 amide bonds. The van der Waals surface area contributed by atoms with Gasteiger partial charge in [-0.05, 0) is 183 Å². The van der Waals surface area contributed by atoms with Crippen molar-refractivity contribution in [2.75, 3.05) is 65.8 Å². The van der Waals surface area contributed by atoms with Gasteiger partial charge in [0, 0.05) is 33.0 Å². The van der Waals surface area contributed by atoms with Gasteiger partial charge in [-0.3, -0.25) is 0 Å². The van der Waals surface area contributed by atoms with E-state index in [1.807, 2.05) is 0 Å². The molecule has 10 N–H and O–H groups in total. The van der Waals surface area contributed by atoms with Gasteiger partial charge in [-0.2, -0.15) is 0 Å². The Labute approximate surface area is 557 Å². The largest absolute Gasteiger partial charge is 0.417 e. The smallest absolute Gasteiger partial charge is 0.255 e. The van der Waals surface area contributed by atoms with Crippen LogP contribution in [0, 0.1) is 0 Å². The molecule has 0 fully saturated rings. The van der Waals surface area contributed by atoms with Gasteiger partial charge < -0.3 is 50.8 Å². The Morgan fingerprint density at radius 1 is 0.292 bits per heavy atom. The molecule has 15 heteroatoms. The summed E-state index contributed by atoms with van der Waals surface area (Å²) in [6, 6.07) is 51.2. The molecule has 0 aliphatic heterocycles. The van der Waals surface area contributed by atoms with Gasteiger partial charge >= 0.3 is 0 Å². The number of hydrogen-bond acceptors (Lipinski definition) is 10. The van der Waals surface area contributed by atoms with Crippen molar-refractivity contribution in [2.45, 2.75) is 260 Å². The SMILES string of the molecule is C.C.CCCC[Si](CCCC)(CCCN)OCC.CCCO[Si](CCCN)(C(C)C)C(C)C.CCCO[Si](CCCN)(C(C)C)C(C)C.CCCO[Si](CCCN)(c1ccccc1)c1ccccc1.CCO[Si](CCCN)(c1ccccc1)c1ccccc1. The normalized spacial score (nSPS) is 11.8. The predicted molar refractivity (Wildman–Crippen MR) is 411 cm³/mol. The minimum atomic E-state index is -2.17. The molecule has 0 saturated heterocycles. The first-order valence-corrected chi connectivity index (χ1v) is 46.1. The highest BCUT2D eigenvalue weighted by atomic mass is 28.4. The third-order valence-corrected chi connectivity index (χ3v) is 42.2. The van der Waals surface area contributed by atoms with E-state index in [0.717, 1.165) is 116 Å². The van der Waals surface area contributed by atoms with Crippen LogP contribution in [0.2, 0.25) is 64.5 Å². The molecule has 0 saturated carbocycles. The van der Waals surface area contributed by atoms with Crippen molar-refractivity contribution in [3.8, 4) is 0 Å². The van der Waals surface area contributed by atoms with Gasteiger partial charge in [-0.1, -0.05) is 252 Å². The Kier molecular flexibility index (Phi) is 56.0. The zero-order valence-electron chi connectivity index (χ0n) is 58.8. The first kappa shape index (κ1) is 90.8. The Bertz CT molecular complexity index is 1950. The number of rotatable bonds is 42. The molecule has 0 radical (unpaired) electrons. The van der Waals surface area contributed by atoms with E-state index in [9.17, 15) is 0 Å². The van der Waals surface area contributed by atoms with E-state index in [0.29, 0.717) is 35.3 Å². The van der Waals surface area contributed by atoms with Gasteiger partial charge in [-0.15, -0.1) is 0 Å². The van der Waals surface area contributed by atoms with Crippen molar-refractivity contribution in [2.24, 2.45) is 28.7 Å². The molecule has 4 aromatic rings. The number of hydrogen-bond donors (Lipinski definition) is 5. The molecule has 4 rings (SSSR count). The van der Waals surface area contributed by atoms with E-state index in [4.69, 9.17) is 50.8 Å². The van der Waals surface area contributed by atoms with Crippen LogP contribution in [-0.2, 0) is 22.1 Å². The summed E-state index contributed by atoms with van der Waals surface area (Å²) in [4.78, 5) is 0. The maximum Gasteiger partial charge on any atom is 0.255 e. The molecule has 0 atom stereocenters.